The fourth-order valence-electron chi connectivity index (χ4n) is 0.997. The highest BCUT2D eigenvalue weighted by Gasteiger charge is 2.29. The Labute approximate surface area is 84.6 Å². The third-order valence-corrected chi connectivity index (χ3v) is 1.79. The molecule has 0 aliphatic heterocycles. The van der Waals surface area contributed by atoms with Gasteiger partial charge in [-0.15, -0.1) is 0 Å². The minimum Gasteiger partial charge on any atom is -0.466 e. The highest BCUT2D eigenvalue weighted by Crippen LogP contribution is 2.13. The summed E-state index contributed by atoms with van der Waals surface area (Å²) >= 11 is 0. The molecule has 0 aliphatic rings. The fraction of sp³-hybridized carbons (Fsp3) is 0.800. The van der Waals surface area contributed by atoms with E-state index < -0.39 is 11.6 Å². The standard InChI is InChI=1S/C10H18O4/c1-5-13-9(12)7-8(11)10(3,4)14-6-2/h5-7H2,1-4H3. The maximum atomic E-state index is 11.5. The monoisotopic (exact) mass is 202 g/mol. The fourth-order valence-corrected chi connectivity index (χ4v) is 0.997. The molecule has 0 fully saturated rings. The number of ketones is 1. The lowest BCUT2D eigenvalue weighted by molar-refractivity contribution is -0.152. The average molecular weight is 202 g/mol. The van der Waals surface area contributed by atoms with Gasteiger partial charge in [0, 0.05) is 6.61 Å². The van der Waals surface area contributed by atoms with Crippen molar-refractivity contribution in [2.24, 2.45) is 0 Å². The van der Waals surface area contributed by atoms with Gasteiger partial charge in [-0.05, 0) is 27.7 Å². The van der Waals surface area contributed by atoms with Crippen molar-refractivity contribution in [2.75, 3.05) is 13.2 Å². The van der Waals surface area contributed by atoms with Crippen LogP contribution in [0.1, 0.15) is 34.1 Å². The van der Waals surface area contributed by atoms with E-state index >= 15 is 0 Å². The molecule has 0 saturated carbocycles. The molecule has 0 rings (SSSR count). The van der Waals surface area contributed by atoms with Gasteiger partial charge < -0.3 is 9.47 Å². The first-order valence-corrected chi connectivity index (χ1v) is 4.77. The first kappa shape index (κ1) is 13.1. The number of esters is 1. The minimum absolute atomic E-state index is 0.221. The summed E-state index contributed by atoms with van der Waals surface area (Å²) in [6, 6.07) is 0. The molecular formula is C10H18O4. The van der Waals surface area contributed by atoms with E-state index in [0.29, 0.717) is 13.2 Å². The van der Waals surface area contributed by atoms with Crippen LogP contribution < -0.4 is 0 Å². The van der Waals surface area contributed by atoms with Crippen LogP contribution in [0, 0.1) is 0 Å². The van der Waals surface area contributed by atoms with Gasteiger partial charge in [0.25, 0.3) is 0 Å². The van der Waals surface area contributed by atoms with Crippen LogP contribution in [0.2, 0.25) is 0 Å². The van der Waals surface area contributed by atoms with E-state index in [1.807, 2.05) is 0 Å². The third-order valence-electron chi connectivity index (χ3n) is 1.79. The van der Waals surface area contributed by atoms with Crippen molar-refractivity contribution in [2.45, 2.75) is 39.7 Å². The summed E-state index contributed by atoms with van der Waals surface area (Å²) in [7, 11) is 0. The maximum Gasteiger partial charge on any atom is 0.313 e. The molecule has 4 heteroatoms. The van der Waals surface area contributed by atoms with E-state index in [0.717, 1.165) is 0 Å². The van der Waals surface area contributed by atoms with Crippen molar-refractivity contribution in [1.29, 1.82) is 0 Å². The minimum atomic E-state index is -0.901. The van der Waals surface area contributed by atoms with Gasteiger partial charge in [-0.1, -0.05) is 0 Å². The molecule has 0 spiro atoms. The van der Waals surface area contributed by atoms with Crippen LogP contribution in [0.5, 0.6) is 0 Å². The van der Waals surface area contributed by atoms with Crippen LogP contribution in [-0.2, 0) is 19.1 Å². The van der Waals surface area contributed by atoms with Gasteiger partial charge in [0.2, 0.25) is 0 Å². The summed E-state index contributed by atoms with van der Waals surface area (Å²) in [4.78, 5) is 22.5. The lowest BCUT2D eigenvalue weighted by Crippen LogP contribution is -2.36. The van der Waals surface area contributed by atoms with Crippen molar-refractivity contribution in [3.63, 3.8) is 0 Å². The maximum absolute atomic E-state index is 11.5. The predicted molar refractivity (Wildman–Crippen MR) is 52.0 cm³/mol. The van der Waals surface area contributed by atoms with Gasteiger partial charge in [-0.3, -0.25) is 9.59 Å². The van der Waals surface area contributed by atoms with E-state index in [1.165, 1.54) is 0 Å². The molecule has 82 valence electrons. The molecule has 0 aliphatic carbocycles. The zero-order chi connectivity index (χ0) is 11.2. The summed E-state index contributed by atoms with van der Waals surface area (Å²) in [6.45, 7) is 7.55. The van der Waals surface area contributed by atoms with E-state index in [4.69, 9.17) is 4.74 Å². The molecule has 4 nitrogen and oxygen atoms in total. The average Bonchev–Trinajstić information content (AvgIpc) is 2.04. The van der Waals surface area contributed by atoms with E-state index in [9.17, 15) is 9.59 Å². The Morgan fingerprint density at radius 3 is 2.14 bits per heavy atom. The first-order chi connectivity index (χ1) is 6.44. The SMILES string of the molecule is CCOC(=O)CC(=O)C(C)(C)OCC. The summed E-state index contributed by atoms with van der Waals surface area (Å²) in [5, 5.41) is 0. The second-order valence-electron chi connectivity index (χ2n) is 3.35. The first-order valence-electron chi connectivity index (χ1n) is 4.77. The van der Waals surface area contributed by atoms with Crippen molar-refractivity contribution in [3.8, 4) is 0 Å². The zero-order valence-electron chi connectivity index (χ0n) is 9.25. The van der Waals surface area contributed by atoms with Crippen LogP contribution in [-0.4, -0.2) is 30.6 Å². The highest BCUT2D eigenvalue weighted by atomic mass is 16.5. The number of hydrogen-bond donors (Lipinski definition) is 0. The lowest BCUT2D eigenvalue weighted by atomic mass is 10.0. The van der Waals surface area contributed by atoms with Gasteiger partial charge in [0.05, 0.1) is 6.61 Å². The van der Waals surface area contributed by atoms with E-state index in [1.54, 1.807) is 27.7 Å². The van der Waals surface area contributed by atoms with Crippen molar-refractivity contribution in [3.05, 3.63) is 0 Å². The van der Waals surface area contributed by atoms with Crippen LogP contribution in [0.4, 0.5) is 0 Å². The summed E-state index contributed by atoms with van der Waals surface area (Å²) in [5.74, 6) is -0.747. The second-order valence-corrected chi connectivity index (χ2v) is 3.35. The Morgan fingerprint density at radius 2 is 1.71 bits per heavy atom. The summed E-state index contributed by atoms with van der Waals surface area (Å²) < 4.78 is 9.88. The summed E-state index contributed by atoms with van der Waals surface area (Å²) in [5.41, 5.74) is -0.901. The number of rotatable bonds is 6. The second kappa shape index (κ2) is 5.75. The van der Waals surface area contributed by atoms with Crippen LogP contribution >= 0.6 is 0 Å². The molecule has 0 heterocycles. The Balaban J connectivity index is 4.12. The van der Waals surface area contributed by atoms with Gasteiger partial charge in [0.15, 0.2) is 5.78 Å². The molecule has 0 N–H and O–H groups in total. The molecular weight excluding hydrogens is 184 g/mol. The Bertz CT molecular complexity index is 208. The molecule has 0 saturated heterocycles. The van der Waals surface area contributed by atoms with Gasteiger partial charge in [0.1, 0.15) is 12.0 Å². The number of carbonyl (C=O) groups excluding carboxylic acids is 2. The van der Waals surface area contributed by atoms with Crippen molar-refractivity contribution >= 4 is 11.8 Å². The largest absolute Gasteiger partial charge is 0.466 e. The molecule has 0 bridgehead atoms. The molecule has 0 aromatic heterocycles. The number of ether oxygens (including phenoxy) is 2. The smallest absolute Gasteiger partial charge is 0.313 e. The topological polar surface area (TPSA) is 52.6 Å². The molecule has 0 aromatic carbocycles. The normalized spacial score (nSPS) is 11.1. The van der Waals surface area contributed by atoms with Gasteiger partial charge in [-0.25, -0.2) is 0 Å². The van der Waals surface area contributed by atoms with Gasteiger partial charge >= 0.3 is 5.97 Å². The predicted octanol–water partition coefficient (Wildman–Crippen LogP) is 1.32. The lowest BCUT2D eigenvalue weighted by Gasteiger charge is -2.22. The quantitative estimate of drug-likeness (QED) is 0.481. The van der Waals surface area contributed by atoms with Crippen LogP contribution in [0.25, 0.3) is 0 Å². The Morgan fingerprint density at radius 1 is 1.14 bits per heavy atom. The van der Waals surface area contributed by atoms with Crippen LogP contribution in [0.15, 0.2) is 0 Å². The Kier molecular flexibility index (Phi) is 5.38. The number of carbonyl (C=O) groups is 2. The number of Topliss-reactive ketones (excluding diaryl/α,β-unsaturated/α-hetero) is 1. The van der Waals surface area contributed by atoms with Crippen molar-refractivity contribution in [1.82, 2.24) is 0 Å². The molecule has 0 amide bonds. The number of hydrogen-bond acceptors (Lipinski definition) is 4. The zero-order valence-corrected chi connectivity index (χ0v) is 9.25. The molecule has 0 unspecified atom stereocenters. The summed E-state index contributed by atoms with van der Waals surface area (Å²) in [6.07, 6.45) is -0.221. The highest BCUT2D eigenvalue weighted by molar-refractivity contribution is 5.99. The molecule has 0 aromatic rings. The van der Waals surface area contributed by atoms with E-state index in [-0.39, 0.29) is 12.2 Å². The van der Waals surface area contributed by atoms with Gasteiger partial charge in [-0.2, -0.15) is 0 Å². The van der Waals surface area contributed by atoms with E-state index in [2.05, 4.69) is 4.74 Å². The molecule has 14 heavy (non-hydrogen) atoms. The third kappa shape index (κ3) is 4.37. The molecule has 0 atom stereocenters. The van der Waals surface area contributed by atoms with Crippen molar-refractivity contribution < 1.29 is 19.1 Å². The Hall–Kier alpha value is -0.900. The molecule has 0 radical (unpaired) electrons. The van der Waals surface area contributed by atoms with Crippen LogP contribution in [0.3, 0.4) is 0 Å².